The van der Waals surface area contributed by atoms with Crippen molar-refractivity contribution < 1.29 is 23.6 Å². The SMILES string of the molecule is CC(=O)NC(CC(=O)NCCN1C(=O)S/C(=C/c2ccccc2F)C1=O)c1ccc(Cl)cc1. The quantitative estimate of drug-likeness (QED) is 0.548. The molecule has 7 nitrogen and oxygen atoms in total. The molecule has 0 aromatic heterocycles. The molecule has 1 saturated heterocycles. The molecule has 0 spiro atoms. The van der Waals surface area contributed by atoms with Gasteiger partial charge < -0.3 is 10.6 Å². The molecule has 0 bridgehead atoms. The van der Waals surface area contributed by atoms with Crippen LogP contribution in [0.25, 0.3) is 6.08 Å². The van der Waals surface area contributed by atoms with Crippen molar-refractivity contribution in [3.63, 3.8) is 0 Å². The van der Waals surface area contributed by atoms with Crippen molar-refractivity contribution in [3.05, 3.63) is 75.4 Å². The smallest absolute Gasteiger partial charge is 0.293 e. The van der Waals surface area contributed by atoms with Crippen LogP contribution in [0.1, 0.15) is 30.5 Å². The lowest BCUT2D eigenvalue weighted by Crippen LogP contribution is -2.38. The summed E-state index contributed by atoms with van der Waals surface area (Å²) in [6, 6.07) is 12.2. The van der Waals surface area contributed by atoms with Crippen LogP contribution in [0, 0.1) is 5.82 Å². The molecule has 4 amide bonds. The van der Waals surface area contributed by atoms with Crippen LogP contribution in [0.2, 0.25) is 5.02 Å². The van der Waals surface area contributed by atoms with E-state index in [9.17, 15) is 23.6 Å². The van der Waals surface area contributed by atoms with Crippen LogP contribution in [-0.2, 0) is 14.4 Å². The third-order valence-corrected chi connectivity index (χ3v) is 5.92. The monoisotopic (exact) mass is 489 g/mol. The Kier molecular flexibility index (Phi) is 8.24. The summed E-state index contributed by atoms with van der Waals surface area (Å²) in [5.74, 6) is -1.69. The topological polar surface area (TPSA) is 95.6 Å². The van der Waals surface area contributed by atoms with Gasteiger partial charge in [0.15, 0.2) is 0 Å². The predicted molar refractivity (Wildman–Crippen MR) is 125 cm³/mol. The van der Waals surface area contributed by atoms with Gasteiger partial charge in [0.25, 0.3) is 11.1 Å². The molecule has 2 N–H and O–H groups in total. The second kappa shape index (κ2) is 11.1. The summed E-state index contributed by atoms with van der Waals surface area (Å²) < 4.78 is 13.8. The molecule has 0 saturated carbocycles. The van der Waals surface area contributed by atoms with E-state index in [-0.39, 0.29) is 41.8 Å². The minimum absolute atomic E-state index is 0.0310. The number of benzene rings is 2. The van der Waals surface area contributed by atoms with E-state index in [1.165, 1.54) is 31.2 Å². The molecule has 1 unspecified atom stereocenters. The summed E-state index contributed by atoms with van der Waals surface area (Å²) in [4.78, 5) is 49.8. The highest BCUT2D eigenvalue weighted by atomic mass is 35.5. The van der Waals surface area contributed by atoms with Gasteiger partial charge in [-0.1, -0.05) is 41.9 Å². The molecule has 1 atom stereocenters. The standard InChI is InChI=1S/C23H21ClFN3O4S/c1-14(29)27-19(15-6-8-17(24)9-7-15)13-21(30)26-10-11-28-22(31)20(33-23(28)32)12-16-4-2-3-5-18(16)25/h2-9,12,19H,10-11,13H2,1H3,(H,26,30)(H,27,29)/b20-12+. The maximum atomic E-state index is 13.8. The van der Waals surface area contributed by atoms with Crippen LogP contribution in [-0.4, -0.2) is 41.0 Å². The Morgan fingerprint density at radius 3 is 2.52 bits per heavy atom. The molecule has 1 fully saturated rings. The van der Waals surface area contributed by atoms with Gasteiger partial charge in [-0.05, 0) is 41.6 Å². The number of hydrogen-bond donors (Lipinski definition) is 2. The zero-order chi connectivity index (χ0) is 24.0. The van der Waals surface area contributed by atoms with E-state index in [2.05, 4.69) is 10.6 Å². The van der Waals surface area contributed by atoms with Gasteiger partial charge in [0, 0.05) is 30.6 Å². The number of nitrogens with one attached hydrogen (secondary N) is 2. The van der Waals surface area contributed by atoms with Gasteiger partial charge >= 0.3 is 0 Å². The molecule has 3 rings (SSSR count). The summed E-state index contributed by atoms with van der Waals surface area (Å²) in [7, 11) is 0. The van der Waals surface area contributed by atoms with Crippen LogP contribution in [0.3, 0.4) is 0 Å². The highest BCUT2D eigenvalue weighted by Crippen LogP contribution is 2.32. The van der Waals surface area contributed by atoms with Crippen molar-refractivity contribution in [3.8, 4) is 0 Å². The number of hydrogen-bond acceptors (Lipinski definition) is 5. The van der Waals surface area contributed by atoms with Crippen molar-refractivity contribution >= 4 is 52.4 Å². The van der Waals surface area contributed by atoms with E-state index >= 15 is 0 Å². The number of carbonyl (C=O) groups excluding carboxylic acids is 4. The predicted octanol–water partition coefficient (Wildman–Crippen LogP) is 3.90. The van der Waals surface area contributed by atoms with Gasteiger partial charge in [0.1, 0.15) is 5.82 Å². The van der Waals surface area contributed by atoms with Crippen molar-refractivity contribution in [1.82, 2.24) is 15.5 Å². The number of carbonyl (C=O) groups is 4. The van der Waals surface area contributed by atoms with Gasteiger partial charge in [-0.25, -0.2) is 4.39 Å². The minimum atomic E-state index is -0.555. The number of thioether (sulfide) groups is 1. The van der Waals surface area contributed by atoms with E-state index in [4.69, 9.17) is 11.6 Å². The minimum Gasteiger partial charge on any atom is -0.354 e. The fraction of sp³-hybridized carbons (Fsp3) is 0.217. The largest absolute Gasteiger partial charge is 0.354 e. The summed E-state index contributed by atoms with van der Waals surface area (Å²) >= 11 is 6.62. The first kappa shape index (κ1) is 24.5. The molecule has 172 valence electrons. The Balaban J connectivity index is 1.56. The lowest BCUT2D eigenvalue weighted by Gasteiger charge is -2.19. The van der Waals surface area contributed by atoms with Crippen LogP contribution in [0.5, 0.6) is 0 Å². The number of amides is 4. The van der Waals surface area contributed by atoms with E-state index in [0.717, 1.165) is 16.7 Å². The van der Waals surface area contributed by atoms with Gasteiger partial charge in [-0.15, -0.1) is 0 Å². The Bertz CT molecular complexity index is 1110. The average molecular weight is 490 g/mol. The van der Waals surface area contributed by atoms with Crippen molar-refractivity contribution in [2.45, 2.75) is 19.4 Å². The van der Waals surface area contributed by atoms with Crippen LogP contribution in [0.4, 0.5) is 9.18 Å². The van der Waals surface area contributed by atoms with E-state index in [1.54, 1.807) is 30.3 Å². The number of rotatable bonds is 8. The fourth-order valence-corrected chi connectivity index (χ4v) is 4.17. The Labute approximate surface area is 199 Å². The summed E-state index contributed by atoms with van der Waals surface area (Å²) in [5.41, 5.74) is 0.927. The Morgan fingerprint density at radius 2 is 1.85 bits per heavy atom. The molecule has 2 aromatic rings. The number of nitrogens with zero attached hydrogens (tertiary/aromatic N) is 1. The molecule has 0 aliphatic carbocycles. The Morgan fingerprint density at radius 1 is 1.15 bits per heavy atom. The molecule has 33 heavy (non-hydrogen) atoms. The first-order valence-corrected chi connectivity index (χ1v) is 11.2. The van der Waals surface area contributed by atoms with Crippen LogP contribution >= 0.6 is 23.4 Å². The summed E-state index contributed by atoms with van der Waals surface area (Å²) in [6.45, 7) is 1.36. The highest BCUT2D eigenvalue weighted by molar-refractivity contribution is 8.18. The van der Waals surface area contributed by atoms with Gasteiger partial charge in [0.2, 0.25) is 11.8 Å². The maximum Gasteiger partial charge on any atom is 0.293 e. The average Bonchev–Trinajstić information content (AvgIpc) is 3.02. The molecule has 2 aromatic carbocycles. The van der Waals surface area contributed by atoms with Gasteiger partial charge in [-0.2, -0.15) is 0 Å². The zero-order valence-corrected chi connectivity index (χ0v) is 19.2. The molecular formula is C23H21ClFN3O4S. The highest BCUT2D eigenvalue weighted by Gasteiger charge is 2.34. The molecule has 0 radical (unpaired) electrons. The van der Waals surface area contributed by atoms with Crippen LogP contribution in [0.15, 0.2) is 53.4 Å². The van der Waals surface area contributed by atoms with E-state index in [0.29, 0.717) is 10.6 Å². The zero-order valence-electron chi connectivity index (χ0n) is 17.6. The normalized spacial score (nSPS) is 15.6. The van der Waals surface area contributed by atoms with Crippen LogP contribution < -0.4 is 10.6 Å². The van der Waals surface area contributed by atoms with Gasteiger partial charge in [0.05, 0.1) is 17.4 Å². The van der Waals surface area contributed by atoms with E-state index < -0.39 is 23.0 Å². The third-order valence-electron chi connectivity index (χ3n) is 4.76. The first-order valence-electron chi connectivity index (χ1n) is 10.0. The molecule has 10 heteroatoms. The summed E-state index contributed by atoms with van der Waals surface area (Å²) in [6.07, 6.45) is 1.30. The second-order valence-corrected chi connectivity index (χ2v) is 8.64. The van der Waals surface area contributed by atoms with Crippen molar-refractivity contribution in [1.29, 1.82) is 0 Å². The molecule has 1 heterocycles. The lowest BCUT2D eigenvalue weighted by molar-refractivity contribution is -0.125. The lowest BCUT2D eigenvalue weighted by atomic mass is 10.0. The molecular weight excluding hydrogens is 469 g/mol. The van der Waals surface area contributed by atoms with E-state index in [1.807, 2.05) is 0 Å². The van der Waals surface area contributed by atoms with Crippen molar-refractivity contribution in [2.24, 2.45) is 0 Å². The Hall–Kier alpha value is -3.17. The van der Waals surface area contributed by atoms with Gasteiger partial charge in [-0.3, -0.25) is 24.1 Å². The van der Waals surface area contributed by atoms with Crippen molar-refractivity contribution in [2.75, 3.05) is 13.1 Å². The second-order valence-electron chi connectivity index (χ2n) is 7.21. The third kappa shape index (κ3) is 6.66. The summed E-state index contributed by atoms with van der Waals surface area (Å²) in [5, 5.41) is 5.42. The number of halogens is 2. The number of imide groups is 1. The molecule has 1 aliphatic heterocycles. The fourth-order valence-electron chi connectivity index (χ4n) is 3.18. The first-order chi connectivity index (χ1) is 15.7. The maximum absolute atomic E-state index is 13.8. The molecule has 1 aliphatic rings.